The third-order valence-electron chi connectivity index (χ3n) is 4.81. The number of imide groups is 1. The molecule has 0 aliphatic carbocycles. The van der Waals surface area contributed by atoms with Crippen molar-refractivity contribution in [2.45, 2.75) is 45.7 Å². The number of amides is 3. The first-order valence-corrected chi connectivity index (χ1v) is 8.73. The number of carbonyl (C=O) groups excluding carboxylic acids is 2. The number of hydrogen-bond donors (Lipinski definition) is 1. The van der Waals surface area contributed by atoms with Crippen LogP contribution in [0, 0.1) is 6.92 Å². The van der Waals surface area contributed by atoms with Crippen LogP contribution < -0.4 is 5.32 Å². The first-order valence-electron chi connectivity index (χ1n) is 8.73. The van der Waals surface area contributed by atoms with E-state index in [0.717, 1.165) is 29.5 Å². The van der Waals surface area contributed by atoms with Gasteiger partial charge in [-0.3, -0.25) is 9.69 Å². The predicted molar refractivity (Wildman–Crippen MR) is 98.0 cm³/mol. The second-order valence-corrected chi connectivity index (χ2v) is 6.88. The fraction of sp³-hybridized carbons (Fsp3) is 0.333. The van der Waals surface area contributed by atoms with Crippen LogP contribution in [0.25, 0.3) is 0 Å². The fourth-order valence-corrected chi connectivity index (χ4v) is 3.21. The molecule has 1 heterocycles. The molecule has 4 heteroatoms. The largest absolute Gasteiger partial charge is 0.325 e. The van der Waals surface area contributed by atoms with Crippen molar-refractivity contribution in [3.63, 3.8) is 0 Å². The van der Waals surface area contributed by atoms with Crippen molar-refractivity contribution in [3.8, 4) is 0 Å². The maximum absolute atomic E-state index is 13.0. The minimum atomic E-state index is -1.01. The molecule has 25 heavy (non-hydrogen) atoms. The molecular weight excluding hydrogens is 312 g/mol. The lowest BCUT2D eigenvalue weighted by Crippen LogP contribution is -2.40. The molecule has 1 N–H and O–H groups in total. The van der Waals surface area contributed by atoms with Crippen LogP contribution in [0.15, 0.2) is 48.5 Å². The quantitative estimate of drug-likeness (QED) is 0.842. The average molecular weight is 336 g/mol. The Bertz CT molecular complexity index is 781. The third-order valence-corrected chi connectivity index (χ3v) is 4.81. The van der Waals surface area contributed by atoms with E-state index in [0.29, 0.717) is 0 Å². The van der Waals surface area contributed by atoms with Crippen molar-refractivity contribution in [1.82, 2.24) is 10.2 Å². The highest BCUT2D eigenvalue weighted by Crippen LogP contribution is 2.30. The number of aryl methyl sites for hydroxylation is 2. The molecule has 1 atom stereocenters. The van der Waals surface area contributed by atoms with Gasteiger partial charge in [-0.05, 0) is 37.0 Å². The summed E-state index contributed by atoms with van der Waals surface area (Å²) < 4.78 is 0. The standard InChI is InChI=1S/C21H24N2O2/c1-4-5-16-10-12-18(13-11-16)21(3)19(24)23(20(25)22-21)14-17-8-6-15(2)7-9-17/h6-13H,4-5,14H2,1-3H3,(H,22,25). The number of hydrogen-bond acceptors (Lipinski definition) is 2. The molecule has 3 rings (SSSR count). The van der Waals surface area contributed by atoms with Crippen LogP contribution in [0.5, 0.6) is 0 Å². The van der Waals surface area contributed by atoms with Crippen LogP contribution in [-0.4, -0.2) is 16.8 Å². The van der Waals surface area contributed by atoms with Crippen LogP contribution >= 0.6 is 0 Å². The van der Waals surface area contributed by atoms with Crippen molar-refractivity contribution in [3.05, 3.63) is 70.8 Å². The zero-order valence-corrected chi connectivity index (χ0v) is 15.0. The first-order chi connectivity index (χ1) is 11.9. The van der Waals surface area contributed by atoms with Gasteiger partial charge in [0.05, 0.1) is 6.54 Å². The van der Waals surface area contributed by atoms with E-state index in [1.165, 1.54) is 10.5 Å². The highest BCUT2D eigenvalue weighted by atomic mass is 16.2. The number of nitrogens with one attached hydrogen (secondary N) is 1. The maximum atomic E-state index is 13.0. The highest BCUT2D eigenvalue weighted by molar-refractivity contribution is 6.07. The third kappa shape index (κ3) is 3.29. The molecule has 0 bridgehead atoms. The van der Waals surface area contributed by atoms with Gasteiger partial charge in [0.25, 0.3) is 5.91 Å². The number of nitrogens with zero attached hydrogens (tertiary/aromatic N) is 1. The number of rotatable bonds is 5. The molecule has 0 radical (unpaired) electrons. The van der Waals surface area contributed by atoms with Crippen molar-refractivity contribution < 1.29 is 9.59 Å². The Morgan fingerprint density at radius 2 is 1.56 bits per heavy atom. The minimum Gasteiger partial charge on any atom is -0.319 e. The van der Waals surface area contributed by atoms with Crippen molar-refractivity contribution >= 4 is 11.9 Å². The maximum Gasteiger partial charge on any atom is 0.325 e. The molecule has 1 unspecified atom stereocenters. The summed E-state index contributed by atoms with van der Waals surface area (Å²) in [7, 11) is 0. The van der Waals surface area contributed by atoms with Gasteiger partial charge in [-0.2, -0.15) is 0 Å². The van der Waals surface area contributed by atoms with Gasteiger partial charge in [0, 0.05) is 0 Å². The summed E-state index contributed by atoms with van der Waals surface area (Å²) in [6, 6.07) is 15.5. The molecule has 0 aromatic heterocycles. The van der Waals surface area contributed by atoms with Crippen LogP contribution in [0.1, 0.15) is 42.5 Å². The Kier molecular flexibility index (Phi) is 4.62. The number of urea groups is 1. The zero-order valence-electron chi connectivity index (χ0n) is 15.0. The second-order valence-electron chi connectivity index (χ2n) is 6.88. The van der Waals surface area contributed by atoms with E-state index in [-0.39, 0.29) is 18.5 Å². The smallest absolute Gasteiger partial charge is 0.319 e. The van der Waals surface area contributed by atoms with E-state index in [1.54, 1.807) is 6.92 Å². The van der Waals surface area contributed by atoms with Gasteiger partial charge in [0.2, 0.25) is 0 Å². The van der Waals surface area contributed by atoms with E-state index < -0.39 is 5.54 Å². The van der Waals surface area contributed by atoms with E-state index >= 15 is 0 Å². The van der Waals surface area contributed by atoms with Crippen LogP contribution in [0.4, 0.5) is 4.79 Å². The normalized spacial score (nSPS) is 20.0. The molecule has 4 nitrogen and oxygen atoms in total. The summed E-state index contributed by atoms with van der Waals surface area (Å²) in [5, 5.41) is 2.87. The van der Waals surface area contributed by atoms with Gasteiger partial charge >= 0.3 is 6.03 Å². The number of benzene rings is 2. The van der Waals surface area contributed by atoms with Gasteiger partial charge in [-0.1, -0.05) is 67.4 Å². The van der Waals surface area contributed by atoms with Crippen LogP contribution in [-0.2, 0) is 23.3 Å². The fourth-order valence-electron chi connectivity index (χ4n) is 3.21. The Balaban J connectivity index is 1.82. The summed E-state index contributed by atoms with van der Waals surface area (Å²) >= 11 is 0. The zero-order chi connectivity index (χ0) is 18.0. The summed E-state index contributed by atoms with van der Waals surface area (Å²) in [5.74, 6) is -0.207. The summed E-state index contributed by atoms with van der Waals surface area (Å²) in [5.41, 5.74) is 3.14. The van der Waals surface area contributed by atoms with Crippen molar-refractivity contribution in [2.24, 2.45) is 0 Å². The van der Waals surface area contributed by atoms with Crippen molar-refractivity contribution in [1.29, 1.82) is 0 Å². The van der Waals surface area contributed by atoms with Gasteiger partial charge in [0.1, 0.15) is 5.54 Å². The Hall–Kier alpha value is -2.62. The molecule has 3 amide bonds. The molecule has 2 aromatic carbocycles. The molecule has 0 spiro atoms. The minimum absolute atomic E-state index is 0.207. The summed E-state index contributed by atoms with van der Waals surface area (Å²) in [6.45, 7) is 6.21. The molecular formula is C21H24N2O2. The lowest BCUT2D eigenvalue weighted by atomic mass is 9.91. The molecule has 1 aliphatic heterocycles. The van der Waals surface area contributed by atoms with Gasteiger partial charge in [0.15, 0.2) is 0 Å². The monoisotopic (exact) mass is 336 g/mol. The molecule has 1 fully saturated rings. The Morgan fingerprint density at radius 3 is 2.16 bits per heavy atom. The predicted octanol–water partition coefficient (Wildman–Crippen LogP) is 3.91. The van der Waals surface area contributed by atoms with Crippen LogP contribution in [0.2, 0.25) is 0 Å². The summed E-state index contributed by atoms with van der Waals surface area (Å²) in [4.78, 5) is 26.7. The number of carbonyl (C=O) groups is 2. The van der Waals surface area contributed by atoms with Crippen LogP contribution in [0.3, 0.4) is 0 Å². The van der Waals surface area contributed by atoms with Gasteiger partial charge in [-0.15, -0.1) is 0 Å². The van der Waals surface area contributed by atoms with E-state index in [2.05, 4.69) is 12.2 Å². The molecule has 0 saturated carbocycles. The summed E-state index contributed by atoms with van der Waals surface area (Å²) in [6.07, 6.45) is 2.09. The topological polar surface area (TPSA) is 49.4 Å². The van der Waals surface area contributed by atoms with Gasteiger partial charge in [-0.25, -0.2) is 4.79 Å². The van der Waals surface area contributed by atoms with E-state index in [4.69, 9.17) is 0 Å². The van der Waals surface area contributed by atoms with Crippen molar-refractivity contribution in [2.75, 3.05) is 0 Å². The molecule has 130 valence electrons. The lowest BCUT2D eigenvalue weighted by Gasteiger charge is -2.22. The lowest BCUT2D eigenvalue weighted by molar-refractivity contribution is -0.131. The van der Waals surface area contributed by atoms with E-state index in [9.17, 15) is 9.59 Å². The SMILES string of the molecule is CCCc1ccc(C2(C)NC(=O)N(Cc3ccc(C)cc3)C2=O)cc1. The Labute approximate surface area is 148 Å². The molecule has 2 aromatic rings. The average Bonchev–Trinajstić information content (AvgIpc) is 2.82. The first kappa shape index (κ1) is 17.2. The van der Waals surface area contributed by atoms with E-state index in [1.807, 2.05) is 55.5 Å². The second kappa shape index (κ2) is 6.71. The molecule has 1 saturated heterocycles. The molecule has 1 aliphatic rings. The Morgan fingerprint density at radius 1 is 0.960 bits per heavy atom. The van der Waals surface area contributed by atoms with Gasteiger partial charge < -0.3 is 5.32 Å². The highest BCUT2D eigenvalue weighted by Gasteiger charge is 2.48.